The van der Waals surface area contributed by atoms with Crippen LogP contribution in [-0.4, -0.2) is 72.6 Å². The van der Waals surface area contributed by atoms with Crippen molar-refractivity contribution < 1.29 is 14.3 Å². The fourth-order valence-electron chi connectivity index (χ4n) is 2.84. The molecule has 2 aliphatic rings. The van der Waals surface area contributed by atoms with E-state index in [1.54, 1.807) is 0 Å². The van der Waals surface area contributed by atoms with Gasteiger partial charge in [0.15, 0.2) is 0 Å². The molecule has 2 aliphatic heterocycles. The number of likely N-dealkylation sites (tertiary alicyclic amines) is 1. The second-order valence-electron chi connectivity index (χ2n) is 6.79. The molecule has 0 aromatic rings. The minimum Gasteiger partial charge on any atom is -0.459 e. The number of amides is 1. The molecular weight excluding hydrogens is 270 g/mol. The van der Waals surface area contributed by atoms with E-state index in [-0.39, 0.29) is 17.9 Å². The number of ether oxygens (including phenoxy) is 1. The van der Waals surface area contributed by atoms with Gasteiger partial charge < -0.3 is 15.0 Å². The first-order valence-corrected chi connectivity index (χ1v) is 7.82. The SMILES string of the molecule is CC(C)(C)OC(=O)[C@@H]1CCCN1CC(=O)N1CCNCC1. The van der Waals surface area contributed by atoms with Gasteiger partial charge in [0, 0.05) is 26.2 Å². The van der Waals surface area contributed by atoms with Crippen LogP contribution in [0.3, 0.4) is 0 Å². The minimum absolute atomic E-state index is 0.118. The summed E-state index contributed by atoms with van der Waals surface area (Å²) < 4.78 is 5.46. The Bertz CT molecular complexity index is 386. The minimum atomic E-state index is -0.478. The van der Waals surface area contributed by atoms with Crippen molar-refractivity contribution in [2.45, 2.75) is 45.3 Å². The summed E-state index contributed by atoms with van der Waals surface area (Å²) in [6.45, 7) is 9.93. The first-order chi connectivity index (χ1) is 9.87. The van der Waals surface area contributed by atoms with Gasteiger partial charge in [-0.05, 0) is 40.2 Å². The molecule has 0 radical (unpaired) electrons. The van der Waals surface area contributed by atoms with Gasteiger partial charge >= 0.3 is 5.97 Å². The Morgan fingerprint density at radius 2 is 1.86 bits per heavy atom. The van der Waals surface area contributed by atoms with Crippen molar-refractivity contribution in [1.29, 1.82) is 0 Å². The van der Waals surface area contributed by atoms with Crippen LogP contribution >= 0.6 is 0 Å². The molecule has 0 bridgehead atoms. The molecule has 0 spiro atoms. The lowest BCUT2D eigenvalue weighted by molar-refractivity contribution is -0.160. The molecule has 0 saturated carbocycles. The highest BCUT2D eigenvalue weighted by atomic mass is 16.6. The maximum atomic E-state index is 12.3. The first kappa shape index (κ1) is 16.2. The maximum absolute atomic E-state index is 12.3. The normalized spacial score (nSPS) is 24.1. The number of hydrogen-bond donors (Lipinski definition) is 1. The summed E-state index contributed by atoms with van der Waals surface area (Å²) in [4.78, 5) is 28.4. The number of piperazine rings is 1. The number of nitrogens with zero attached hydrogens (tertiary/aromatic N) is 2. The smallest absolute Gasteiger partial charge is 0.323 e. The zero-order valence-corrected chi connectivity index (χ0v) is 13.4. The van der Waals surface area contributed by atoms with E-state index >= 15 is 0 Å². The van der Waals surface area contributed by atoms with Crippen LogP contribution in [0.15, 0.2) is 0 Å². The molecule has 6 nitrogen and oxygen atoms in total. The van der Waals surface area contributed by atoms with E-state index < -0.39 is 5.60 Å². The monoisotopic (exact) mass is 297 g/mol. The van der Waals surface area contributed by atoms with E-state index in [4.69, 9.17) is 4.74 Å². The fraction of sp³-hybridized carbons (Fsp3) is 0.867. The Labute approximate surface area is 126 Å². The lowest BCUT2D eigenvalue weighted by atomic mass is 10.1. The van der Waals surface area contributed by atoms with Crippen LogP contribution in [0.4, 0.5) is 0 Å². The van der Waals surface area contributed by atoms with E-state index in [0.717, 1.165) is 45.6 Å². The van der Waals surface area contributed by atoms with Crippen LogP contribution in [-0.2, 0) is 14.3 Å². The van der Waals surface area contributed by atoms with Crippen LogP contribution in [0.1, 0.15) is 33.6 Å². The van der Waals surface area contributed by atoms with Gasteiger partial charge in [-0.25, -0.2) is 0 Å². The zero-order chi connectivity index (χ0) is 15.5. The second-order valence-corrected chi connectivity index (χ2v) is 6.79. The third-order valence-corrected chi connectivity index (χ3v) is 3.85. The Hall–Kier alpha value is -1.14. The largest absolute Gasteiger partial charge is 0.459 e. The molecule has 2 heterocycles. The van der Waals surface area contributed by atoms with Crippen molar-refractivity contribution in [1.82, 2.24) is 15.1 Å². The van der Waals surface area contributed by atoms with Crippen LogP contribution in [0.5, 0.6) is 0 Å². The van der Waals surface area contributed by atoms with Crippen molar-refractivity contribution in [2.75, 3.05) is 39.3 Å². The Morgan fingerprint density at radius 1 is 1.19 bits per heavy atom. The van der Waals surface area contributed by atoms with Crippen molar-refractivity contribution in [3.63, 3.8) is 0 Å². The predicted molar refractivity (Wildman–Crippen MR) is 79.9 cm³/mol. The lowest BCUT2D eigenvalue weighted by Gasteiger charge is -2.31. The summed E-state index contributed by atoms with van der Waals surface area (Å²) in [5.74, 6) is -0.0833. The first-order valence-electron chi connectivity index (χ1n) is 7.82. The molecule has 0 aliphatic carbocycles. The van der Waals surface area contributed by atoms with Crippen LogP contribution < -0.4 is 5.32 Å². The Morgan fingerprint density at radius 3 is 2.48 bits per heavy atom. The third-order valence-electron chi connectivity index (χ3n) is 3.85. The van der Waals surface area contributed by atoms with Crippen molar-refractivity contribution >= 4 is 11.9 Å². The predicted octanol–water partition coefficient (Wildman–Crippen LogP) is 0.224. The molecule has 0 aromatic heterocycles. The average Bonchev–Trinajstić information content (AvgIpc) is 2.86. The molecule has 0 unspecified atom stereocenters. The highest BCUT2D eigenvalue weighted by Gasteiger charge is 2.35. The number of esters is 1. The number of nitrogens with one attached hydrogen (secondary N) is 1. The van der Waals surface area contributed by atoms with Gasteiger partial charge in [0.25, 0.3) is 0 Å². The molecule has 1 atom stereocenters. The number of hydrogen-bond acceptors (Lipinski definition) is 5. The summed E-state index contributed by atoms with van der Waals surface area (Å²) in [6, 6.07) is -0.268. The van der Waals surface area contributed by atoms with Crippen LogP contribution in [0.2, 0.25) is 0 Å². The summed E-state index contributed by atoms with van der Waals surface area (Å²) in [7, 11) is 0. The Kier molecular flexibility index (Phi) is 5.22. The Balaban J connectivity index is 1.89. The number of carbonyl (C=O) groups is 2. The standard InChI is InChI=1S/C15H27N3O3/c1-15(2,3)21-14(20)12-5-4-8-18(12)11-13(19)17-9-6-16-7-10-17/h12,16H,4-11H2,1-3H3/t12-/m0/s1. The topological polar surface area (TPSA) is 61.9 Å². The van der Waals surface area contributed by atoms with Gasteiger partial charge in [0.05, 0.1) is 6.54 Å². The average molecular weight is 297 g/mol. The van der Waals surface area contributed by atoms with E-state index in [1.165, 1.54) is 0 Å². The van der Waals surface area contributed by atoms with E-state index in [9.17, 15) is 9.59 Å². The molecule has 1 amide bonds. The van der Waals surface area contributed by atoms with E-state index in [1.807, 2.05) is 30.6 Å². The summed E-state index contributed by atoms with van der Waals surface area (Å²) in [5.41, 5.74) is -0.478. The molecule has 0 aromatic carbocycles. The highest BCUT2D eigenvalue weighted by molar-refractivity contribution is 5.81. The van der Waals surface area contributed by atoms with E-state index in [0.29, 0.717) is 6.54 Å². The van der Waals surface area contributed by atoms with Crippen molar-refractivity contribution in [3.05, 3.63) is 0 Å². The van der Waals surface area contributed by atoms with Gasteiger partial charge in [-0.15, -0.1) is 0 Å². The van der Waals surface area contributed by atoms with Crippen LogP contribution in [0.25, 0.3) is 0 Å². The highest BCUT2D eigenvalue weighted by Crippen LogP contribution is 2.21. The zero-order valence-electron chi connectivity index (χ0n) is 13.4. The summed E-state index contributed by atoms with van der Waals surface area (Å²) in [6.07, 6.45) is 1.72. The van der Waals surface area contributed by atoms with Gasteiger partial charge in [0.2, 0.25) is 5.91 Å². The summed E-state index contributed by atoms with van der Waals surface area (Å²) in [5, 5.41) is 3.23. The van der Waals surface area contributed by atoms with Gasteiger partial charge in [-0.3, -0.25) is 14.5 Å². The number of carbonyl (C=O) groups excluding carboxylic acids is 2. The lowest BCUT2D eigenvalue weighted by Crippen LogP contribution is -2.51. The maximum Gasteiger partial charge on any atom is 0.323 e. The van der Waals surface area contributed by atoms with Crippen LogP contribution in [0, 0.1) is 0 Å². The third kappa shape index (κ3) is 4.68. The molecule has 120 valence electrons. The fourth-order valence-corrected chi connectivity index (χ4v) is 2.84. The van der Waals surface area contributed by atoms with Crippen molar-refractivity contribution in [2.24, 2.45) is 0 Å². The molecule has 21 heavy (non-hydrogen) atoms. The molecule has 1 N–H and O–H groups in total. The van der Waals surface area contributed by atoms with Gasteiger partial charge in [-0.2, -0.15) is 0 Å². The molecule has 2 rings (SSSR count). The number of rotatable bonds is 3. The summed E-state index contributed by atoms with van der Waals surface area (Å²) >= 11 is 0. The van der Waals surface area contributed by atoms with Gasteiger partial charge in [-0.1, -0.05) is 0 Å². The molecular formula is C15H27N3O3. The molecule has 2 saturated heterocycles. The quantitative estimate of drug-likeness (QED) is 0.755. The molecule has 2 fully saturated rings. The van der Waals surface area contributed by atoms with E-state index in [2.05, 4.69) is 5.32 Å². The molecule has 6 heteroatoms. The van der Waals surface area contributed by atoms with Crippen molar-refractivity contribution in [3.8, 4) is 0 Å². The second kappa shape index (κ2) is 6.75. The van der Waals surface area contributed by atoms with Gasteiger partial charge in [0.1, 0.15) is 11.6 Å².